The molecule has 2 aromatic rings. The maximum Gasteiger partial charge on any atom is 0.322 e. The van der Waals surface area contributed by atoms with Gasteiger partial charge in [0, 0.05) is 30.4 Å². The quantitative estimate of drug-likeness (QED) is 0.609. The van der Waals surface area contributed by atoms with Gasteiger partial charge in [0.2, 0.25) is 0 Å². The molecule has 2 aliphatic rings. The molecule has 1 aromatic carbocycles. The van der Waals surface area contributed by atoms with Gasteiger partial charge in [-0.1, -0.05) is 32.0 Å². The summed E-state index contributed by atoms with van der Waals surface area (Å²) in [6.07, 6.45) is 2.68. The number of anilines is 1. The Morgan fingerprint density at radius 1 is 1.21 bits per heavy atom. The molecule has 2 aliphatic heterocycles. The molecule has 1 aromatic heterocycles. The van der Waals surface area contributed by atoms with Crippen LogP contribution in [-0.4, -0.2) is 46.4 Å². The topological polar surface area (TPSA) is 103 Å². The average Bonchev–Trinajstić information content (AvgIpc) is 3.28. The molecular formula is C25H31N5O3. The van der Waals surface area contributed by atoms with Crippen LogP contribution in [0.4, 0.5) is 10.6 Å². The van der Waals surface area contributed by atoms with Crippen molar-refractivity contribution in [3.8, 4) is 0 Å². The molecule has 33 heavy (non-hydrogen) atoms. The number of imide groups is 1. The molecule has 1 unspecified atom stereocenters. The number of hydrogen-bond acceptors (Lipinski definition) is 5. The first kappa shape index (κ1) is 22.8. The Hall–Kier alpha value is -3.42. The van der Waals surface area contributed by atoms with Crippen LogP contribution in [0.25, 0.3) is 0 Å². The van der Waals surface area contributed by atoms with Gasteiger partial charge in [-0.15, -0.1) is 0 Å². The first-order valence-electron chi connectivity index (χ1n) is 11.4. The summed E-state index contributed by atoms with van der Waals surface area (Å²) < 4.78 is 0. The van der Waals surface area contributed by atoms with Gasteiger partial charge in [-0.25, -0.2) is 9.78 Å². The number of benzene rings is 1. The van der Waals surface area contributed by atoms with Crippen molar-refractivity contribution >= 4 is 23.7 Å². The Balaban J connectivity index is 1.49. The van der Waals surface area contributed by atoms with Crippen LogP contribution in [0.5, 0.6) is 0 Å². The molecule has 2 saturated heterocycles. The lowest BCUT2D eigenvalue weighted by molar-refractivity contribution is -0.125. The van der Waals surface area contributed by atoms with Crippen molar-refractivity contribution in [1.82, 2.24) is 20.5 Å². The predicted octanol–water partition coefficient (Wildman–Crippen LogP) is 3.10. The van der Waals surface area contributed by atoms with Crippen molar-refractivity contribution in [1.29, 1.82) is 0 Å². The van der Waals surface area contributed by atoms with Crippen LogP contribution in [-0.2, 0) is 10.3 Å². The fraction of sp³-hybridized carbons (Fsp3) is 0.440. The molecule has 0 spiro atoms. The minimum Gasteiger partial charge on any atom is -0.365 e. The van der Waals surface area contributed by atoms with E-state index < -0.39 is 11.6 Å². The number of aromatic nitrogens is 1. The van der Waals surface area contributed by atoms with E-state index >= 15 is 0 Å². The van der Waals surface area contributed by atoms with Gasteiger partial charge in [0.1, 0.15) is 11.4 Å². The standard InChI is InChI=1S/C25H31N5O3/c1-14(2)25(23(32)28-24(33)29-25)19-8-6-18(7-9-19)22(31)30-13-20(11-17(30)5)27-21-16(4)10-15(3)12-26-21/h6-10,12,14,17,20H,11,13H2,1-5H3,(H,26,27)(H2,28,29,32,33)/t17-,20+,25?/m1/s1. The second-order valence-corrected chi connectivity index (χ2v) is 9.51. The van der Waals surface area contributed by atoms with E-state index in [1.807, 2.05) is 38.8 Å². The van der Waals surface area contributed by atoms with Crippen LogP contribution in [0.2, 0.25) is 0 Å². The monoisotopic (exact) mass is 449 g/mol. The van der Waals surface area contributed by atoms with E-state index in [-0.39, 0.29) is 29.8 Å². The number of nitrogens with one attached hydrogen (secondary N) is 3. The molecule has 3 N–H and O–H groups in total. The SMILES string of the molecule is Cc1cnc(N[C@H]2C[C@@H](C)N(C(=O)c3ccc(C4(C(C)C)NC(=O)NC4=O)cc3)C2)c(C)c1. The number of urea groups is 1. The molecule has 3 atom stereocenters. The molecule has 0 radical (unpaired) electrons. The van der Waals surface area contributed by atoms with Crippen molar-refractivity contribution in [2.24, 2.45) is 5.92 Å². The zero-order chi connectivity index (χ0) is 23.9. The summed E-state index contributed by atoms with van der Waals surface area (Å²) in [5.74, 6) is 0.274. The molecule has 8 nitrogen and oxygen atoms in total. The van der Waals surface area contributed by atoms with Crippen molar-refractivity contribution in [3.05, 3.63) is 58.8 Å². The highest BCUT2D eigenvalue weighted by atomic mass is 16.2. The van der Waals surface area contributed by atoms with Crippen LogP contribution >= 0.6 is 0 Å². The van der Waals surface area contributed by atoms with Crippen molar-refractivity contribution < 1.29 is 14.4 Å². The highest BCUT2D eigenvalue weighted by molar-refractivity contribution is 6.07. The van der Waals surface area contributed by atoms with Gasteiger partial charge >= 0.3 is 6.03 Å². The Kier molecular flexibility index (Phi) is 5.86. The minimum absolute atomic E-state index is 0.0505. The van der Waals surface area contributed by atoms with Crippen LogP contribution < -0.4 is 16.0 Å². The van der Waals surface area contributed by atoms with E-state index in [1.165, 1.54) is 0 Å². The number of carbonyl (C=O) groups is 3. The molecule has 0 bridgehead atoms. The molecule has 4 rings (SSSR count). The van der Waals surface area contributed by atoms with Crippen LogP contribution in [0.3, 0.4) is 0 Å². The Bertz CT molecular complexity index is 1100. The van der Waals surface area contributed by atoms with Gasteiger partial charge in [0.25, 0.3) is 11.8 Å². The highest BCUT2D eigenvalue weighted by Crippen LogP contribution is 2.33. The first-order valence-corrected chi connectivity index (χ1v) is 11.4. The van der Waals surface area contributed by atoms with Crippen molar-refractivity contribution in [2.45, 2.75) is 58.7 Å². The third-order valence-electron chi connectivity index (χ3n) is 6.74. The minimum atomic E-state index is -1.13. The number of carbonyl (C=O) groups excluding carboxylic acids is 3. The van der Waals surface area contributed by atoms with Gasteiger partial charge in [-0.3, -0.25) is 14.9 Å². The lowest BCUT2D eigenvalue weighted by atomic mass is 9.79. The number of amides is 4. The van der Waals surface area contributed by atoms with Crippen LogP contribution in [0.15, 0.2) is 36.5 Å². The third-order valence-corrected chi connectivity index (χ3v) is 6.74. The summed E-state index contributed by atoms with van der Waals surface area (Å²) in [6, 6.07) is 8.79. The first-order chi connectivity index (χ1) is 15.6. The van der Waals surface area contributed by atoms with E-state index in [1.54, 1.807) is 24.3 Å². The molecule has 3 heterocycles. The summed E-state index contributed by atoms with van der Waals surface area (Å²) in [4.78, 5) is 44.0. The number of rotatable bonds is 5. The van der Waals surface area contributed by atoms with Gasteiger partial charge in [0.15, 0.2) is 0 Å². The maximum absolute atomic E-state index is 13.3. The number of hydrogen-bond donors (Lipinski definition) is 3. The molecule has 0 aliphatic carbocycles. The smallest absolute Gasteiger partial charge is 0.322 e. The van der Waals surface area contributed by atoms with E-state index in [0.717, 1.165) is 23.4 Å². The zero-order valence-electron chi connectivity index (χ0n) is 19.7. The van der Waals surface area contributed by atoms with E-state index in [9.17, 15) is 14.4 Å². The summed E-state index contributed by atoms with van der Waals surface area (Å²) in [5.41, 5.74) is 2.29. The zero-order valence-corrected chi connectivity index (χ0v) is 19.7. The number of aryl methyl sites for hydroxylation is 2. The molecule has 0 saturated carbocycles. The van der Waals surface area contributed by atoms with E-state index in [0.29, 0.717) is 17.7 Å². The van der Waals surface area contributed by atoms with Crippen LogP contribution in [0, 0.1) is 19.8 Å². The maximum atomic E-state index is 13.3. The molecular weight excluding hydrogens is 418 g/mol. The Labute approximate surface area is 194 Å². The predicted molar refractivity (Wildman–Crippen MR) is 126 cm³/mol. The van der Waals surface area contributed by atoms with Gasteiger partial charge in [0.05, 0.1) is 0 Å². The van der Waals surface area contributed by atoms with Gasteiger partial charge < -0.3 is 15.5 Å². The normalized spacial score (nSPS) is 24.7. The average molecular weight is 450 g/mol. The fourth-order valence-corrected chi connectivity index (χ4v) is 4.93. The second kappa shape index (κ2) is 8.50. The van der Waals surface area contributed by atoms with Crippen LogP contribution in [0.1, 0.15) is 54.2 Å². The highest BCUT2D eigenvalue weighted by Gasteiger charge is 2.50. The summed E-state index contributed by atoms with van der Waals surface area (Å²) in [6.45, 7) is 10.5. The molecule has 4 amide bonds. The second-order valence-electron chi connectivity index (χ2n) is 9.51. The molecule has 2 fully saturated rings. The fourth-order valence-electron chi connectivity index (χ4n) is 4.93. The number of nitrogens with zero attached hydrogens (tertiary/aromatic N) is 2. The van der Waals surface area contributed by atoms with Crippen molar-refractivity contribution in [3.63, 3.8) is 0 Å². The van der Waals surface area contributed by atoms with Gasteiger partial charge in [-0.05, 0) is 61.9 Å². The number of likely N-dealkylation sites (tertiary alicyclic amines) is 1. The van der Waals surface area contributed by atoms with Gasteiger partial charge in [-0.2, -0.15) is 0 Å². The molecule has 8 heteroatoms. The van der Waals surface area contributed by atoms with E-state index in [4.69, 9.17) is 0 Å². The lowest BCUT2D eigenvalue weighted by Gasteiger charge is -2.31. The number of pyridine rings is 1. The summed E-state index contributed by atoms with van der Waals surface area (Å²) in [7, 11) is 0. The summed E-state index contributed by atoms with van der Waals surface area (Å²) in [5, 5.41) is 8.59. The van der Waals surface area contributed by atoms with Crippen molar-refractivity contribution in [2.75, 3.05) is 11.9 Å². The Morgan fingerprint density at radius 3 is 2.48 bits per heavy atom. The van der Waals surface area contributed by atoms with E-state index in [2.05, 4.69) is 33.9 Å². The molecule has 174 valence electrons. The largest absolute Gasteiger partial charge is 0.365 e. The third kappa shape index (κ3) is 4.05. The Morgan fingerprint density at radius 2 is 1.91 bits per heavy atom. The summed E-state index contributed by atoms with van der Waals surface area (Å²) >= 11 is 0. The lowest BCUT2D eigenvalue weighted by Crippen LogP contribution is -2.48.